The number of nitrogens with one attached hydrogen (secondary N) is 2. The van der Waals surface area contributed by atoms with E-state index in [9.17, 15) is 0 Å². The zero-order chi connectivity index (χ0) is 11.5. The van der Waals surface area contributed by atoms with E-state index in [1.807, 2.05) is 18.0 Å². The molecule has 88 valence electrons. The van der Waals surface area contributed by atoms with E-state index in [1.54, 1.807) is 6.20 Å². The van der Waals surface area contributed by atoms with Gasteiger partial charge in [-0.1, -0.05) is 18.2 Å². The lowest BCUT2D eigenvalue weighted by molar-refractivity contribution is 0.502. The fraction of sp³-hybridized carbons (Fsp3) is 0.308. The molecule has 0 radical (unpaired) electrons. The van der Waals surface area contributed by atoms with Gasteiger partial charge in [0.25, 0.3) is 0 Å². The number of aromatic amines is 1. The number of rotatable bonds is 3. The van der Waals surface area contributed by atoms with Gasteiger partial charge >= 0.3 is 0 Å². The van der Waals surface area contributed by atoms with E-state index in [-0.39, 0.29) is 0 Å². The van der Waals surface area contributed by atoms with Crippen molar-refractivity contribution in [2.75, 3.05) is 5.75 Å². The van der Waals surface area contributed by atoms with Crippen LogP contribution in [0, 0.1) is 0 Å². The maximum absolute atomic E-state index is 4.23. The van der Waals surface area contributed by atoms with Crippen LogP contribution in [0.1, 0.15) is 23.9 Å². The summed E-state index contributed by atoms with van der Waals surface area (Å²) in [6.45, 7) is 0.802. The maximum Gasteiger partial charge on any atom is 0.120 e. The summed E-state index contributed by atoms with van der Waals surface area (Å²) in [6, 6.07) is 9.12. The highest BCUT2D eigenvalue weighted by Gasteiger charge is 2.19. The molecule has 0 aliphatic carbocycles. The molecule has 1 unspecified atom stereocenters. The summed E-state index contributed by atoms with van der Waals surface area (Å²) in [6.07, 6.45) is 4.84. The molecule has 1 aromatic heterocycles. The Morgan fingerprint density at radius 1 is 1.41 bits per heavy atom. The van der Waals surface area contributed by atoms with Crippen LogP contribution in [0.15, 0.2) is 41.6 Å². The van der Waals surface area contributed by atoms with Gasteiger partial charge in [-0.05, 0) is 23.8 Å². The monoisotopic (exact) mass is 245 g/mol. The fourth-order valence-electron chi connectivity index (χ4n) is 2.17. The van der Waals surface area contributed by atoms with Crippen molar-refractivity contribution in [3.63, 3.8) is 0 Å². The zero-order valence-electron chi connectivity index (χ0n) is 9.52. The number of fused-ring (bicyclic) bond motifs is 1. The molecule has 3 rings (SSSR count). The molecular formula is C13H15N3S. The minimum absolute atomic E-state index is 0.456. The van der Waals surface area contributed by atoms with E-state index in [4.69, 9.17) is 0 Å². The van der Waals surface area contributed by atoms with Gasteiger partial charge in [0.1, 0.15) is 5.82 Å². The Labute approximate surface area is 105 Å². The van der Waals surface area contributed by atoms with Gasteiger partial charge in [-0.2, -0.15) is 0 Å². The number of thioether (sulfide) groups is 1. The van der Waals surface area contributed by atoms with Gasteiger partial charge in [0.15, 0.2) is 0 Å². The Balaban J connectivity index is 1.72. The third-order valence-electron chi connectivity index (χ3n) is 3.03. The molecule has 2 heterocycles. The molecule has 2 aromatic rings. The molecule has 0 spiro atoms. The Morgan fingerprint density at radius 3 is 3.24 bits per heavy atom. The Bertz CT molecular complexity index is 481. The molecule has 4 heteroatoms. The predicted octanol–water partition coefficient (Wildman–Crippen LogP) is 2.74. The Hall–Kier alpha value is -1.26. The van der Waals surface area contributed by atoms with Crippen molar-refractivity contribution >= 4 is 11.8 Å². The van der Waals surface area contributed by atoms with Crippen LogP contribution in [0.2, 0.25) is 0 Å². The van der Waals surface area contributed by atoms with Crippen LogP contribution in [0.3, 0.4) is 0 Å². The molecule has 1 aliphatic heterocycles. The lowest BCUT2D eigenvalue weighted by Gasteiger charge is -2.25. The number of hydrogen-bond donors (Lipinski definition) is 2. The van der Waals surface area contributed by atoms with Crippen LogP contribution >= 0.6 is 11.8 Å². The first-order chi connectivity index (χ1) is 8.43. The standard InChI is InChI=1S/C13H15N3S/c1-2-4-12-10(3-1)11(5-8-17-12)16-9-13-14-6-7-15-13/h1-4,6-7,11,16H,5,8-9H2,(H,14,15). The SMILES string of the molecule is c1ccc2c(c1)SCCC2NCc1ncc[nH]1. The van der Waals surface area contributed by atoms with E-state index >= 15 is 0 Å². The van der Waals surface area contributed by atoms with E-state index < -0.39 is 0 Å². The van der Waals surface area contributed by atoms with E-state index in [2.05, 4.69) is 39.6 Å². The number of H-pyrrole nitrogens is 1. The van der Waals surface area contributed by atoms with Crippen LogP contribution in [-0.2, 0) is 6.54 Å². The Kier molecular flexibility index (Phi) is 3.16. The molecule has 3 nitrogen and oxygen atoms in total. The van der Waals surface area contributed by atoms with Crippen molar-refractivity contribution in [2.24, 2.45) is 0 Å². The molecule has 1 aliphatic rings. The largest absolute Gasteiger partial charge is 0.348 e. The highest BCUT2D eigenvalue weighted by Crippen LogP contribution is 2.35. The first-order valence-corrected chi connectivity index (χ1v) is 6.85. The first-order valence-electron chi connectivity index (χ1n) is 5.87. The van der Waals surface area contributed by atoms with E-state index in [1.165, 1.54) is 22.6 Å². The molecule has 1 aromatic carbocycles. The van der Waals surface area contributed by atoms with Gasteiger partial charge in [-0.15, -0.1) is 11.8 Å². The second kappa shape index (κ2) is 4.94. The van der Waals surface area contributed by atoms with Crippen LogP contribution in [-0.4, -0.2) is 15.7 Å². The smallest absolute Gasteiger partial charge is 0.120 e. The highest BCUT2D eigenvalue weighted by molar-refractivity contribution is 7.99. The van der Waals surface area contributed by atoms with Gasteiger partial charge < -0.3 is 10.3 Å². The van der Waals surface area contributed by atoms with Gasteiger partial charge in [0.2, 0.25) is 0 Å². The number of nitrogens with zero attached hydrogens (tertiary/aromatic N) is 1. The molecule has 0 saturated carbocycles. The van der Waals surface area contributed by atoms with Gasteiger partial charge in [-0.3, -0.25) is 0 Å². The van der Waals surface area contributed by atoms with Crippen molar-refractivity contribution in [3.8, 4) is 0 Å². The second-order valence-electron chi connectivity index (χ2n) is 4.14. The molecule has 0 fully saturated rings. The van der Waals surface area contributed by atoms with Gasteiger partial charge in [0, 0.05) is 23.3 Å². The lowest BCUT2D eigenvalue weighted by Crippen LogP contribution is -2.24. The summed E-state index contributed by atoms with van der Waals surface area (Å²) in [4.78, 5) is 8.77. The summed E-state index contributed by atoms with van der Waals surface area (Å²) in [5.41, 5.74) is 1.43. The molecule has 0 amide bonds. The number of aromatic nitrogens is 2. The highest BCUT2D eigenvalue weighted by atomic mass is 32.2. The fourth-order valence-corrected chi connectivity index (χ4v) is 3.29. The van der Waals surface area contributed by atoms with E-state index in [0.29, 0.717) is 6.04 Å². The van der Waals surface area contributed by atoms with Crippen molar-refractivity contribution in [1.29, 1.82) is 0 Å². The third kappa shape index (κ3) is 2.37. The van der Waals surface area contributed by atoms with Crippen molar-refractivity contribution in [2.45, 2.75) is 23.9 Å². The third-order valence-corrected chi connectivity index (χ3v) is 4.15. The van der Waals surface area contributed by atoms with Crippen LogP contribution in [0.5, 0.6) is 0 Å². The van der Waals surface area contributed by atoms with Crippen LogP contribution < -0.4 is 5.32 Å². The summed E-state index contributed by atoms with van der Waals surface area (Å²) in [7, 11) is 0. The number of benzene rings is 1. The summed E-state index contributed by atoms with van der Waals surface area (Å²) in [5, 5.41) is 3.57. The van der Waals surface area contributed by atoms with Gasteiger partial charge in [-0.25, -0.2) is 4.98 Å². The average molecular weight is 245 g/mol. The summed E-state index contributed by atoms with van der Waals surface area (Å²) < 4.78 is 0. The number of hydrogen-bond acceptors (Lipinski definition) is 3. The van der Waals surface area contributed by atoms with Crippen molar-refractivity contribution in [3.05, 3.63) is 48.0 Å². The van der Waals surface area contributed by atoms with Crippen LogP contribution in [0.4, 0.5) is 0 Å². The first kappa shape index (κ1) is 10.9. The molecule has 2 N–H and O–H groups in total. The predicted molar refractivity (Wildman–Crippen MR) is 70.0 cm³/mol. The van der Waals surface area contributed by atoms with Gasteiger partial charge in [0.05, 0.1) is 6.54 Å². The second-order valence-corrected chi connectivity index (χ2v) is 5.28. The van der Waals surface area contributed by atoms with Crippen molar-refractivity contribution in [1.82, 2.24) is 15.3 Å². The van der Waals surface area contributed by atoms with Crippen molar-refractivity contribution < 1.29 is 0 Å². The minimum Gasteiger partial charge on any atom is -0.348 e. The summed E-state index contributed by atoms with van der Waals surface area (Å²) in [5.74, 6) is 2.19. The topological polar surface area (TPSA) is 40.7 Å². The summed E-state index contributed by atoms with van der Waals surface area (Å²) >= 11 is 1.95. The molecule has 1 atom stereocenters. The Morgan fingerprint density at radius 2 is 2.35 bits per heavy atom. The molecule has 17 heavy (non-hydrogen) atoms. The lowest BCUT2D eigenvalue weighted by atomic mass is 10.0. The molecular weight excluding hydrogens is 230 g/mol. The molecule has 0 saturated heterocycles. The van der Waals surface area contributed by atoms with E-state index in [0.717, 1.165) is 12.4 Å². The normalized spacial score (nSPS) is 18.9. The quantitative estimate of drug-likeness (QED) is 0.873. The minimum atomic E-state index is 0.456. The average Bonchev–Trinajstić information content (AvgIpc) is 2.89. The van der Waals surface area contributed by atoms with Crippen LogP contribution in [0.25, 0.3) is 0 Å². The maximum atomic E-state index is 4.23. The molecule has 0 bridgehead atoms. The zero-order valence-corrected chi connectivity index (χ0v) is 10.3. The number of imidazole rings is 1.